The van der Waals surface area contributed by atoms with Gasteiger partial charge >= 0.3 is 0 Å². The number of aliphatic carboxylic acids is 1. The van der Waals surface area contributed by atoms with Crippen LogP contribution in [0.2, 0.25) is 0 Å². The van der Waals surface area contributed by atoms with Gasteiger partial charge in [-0.05, 0) is 94.7 Å². The van der Waals surface area contributed by atoms with Crippen molar-refractivity contribution in [2.24, 2.45) is 0 Å². The van der Waals surface area contributed by atoms with Gasteiger partial charge in [0.25, 0.3) is 0 Å². The normalized spacial score (nSPS) is 6.71. The van der Waals surface area contributed by atoms with E-state index in [1.54, 1.807) is 0 Å². The van der Waals surface area contributed by atoms with Crippen LogP contribution in [0.4, 0.5) is 0 Å². The van der Waals surface area contributed by atoms with Gasteiger partial charge in [0.05, 0.1) is 26.6 Å². The number of terminal acetylenes is 2. The van der Waals surface area contributed by atoms with Crippen LogP contribution in [0.5, 0.6) is 0 Å². The molecule has 5 heteroatoms. The molecule has 0 unspecified atom stereocenters. The van der Waals surface area contributed by atoms with Crippen molar-refractivity contribution in [2.75, 3.05) is 33.7 Å². The third-order valence-electron chi connectivity index (χ3n) is 2.68. The number of rotatable bonds is 7. The number of carboxylic acid groups (broad SMARTS) is 1. The van der Waals surface area contributed by atoms with Crippen LogP contribution in [0.15, 0.2) is 0 Å². The Labute approximate surface area is 202 Å². The van der Waals surface area contributed by atoms with Gasteiger partial charge in [-0.1, -0.05) is 0 Å². The maximum Gasteiger partial charge on any atom is 0.207 e. The predicted octanol–water partition coefficient (Wildman–Crippen LogP) is 1.18. The summed E-state index contributed by atoms with van der Waals surface area (Å²) in [4.78, 5) is 20.2. The van der Waals surface area contributed by atoms with Crippen LogP contribution in [-0.2, 0) is 9.59 Å². The van der Waals surface area contributed by atoms with E-state index >= 15 is 0 Å². The second kappa shape index (κ2) is 21.2. The molecule has 0 saturated carbocycles. The van der Waals surface area contributed by atoms with Crippen molar-refractivity contribution in [3.8, 4) is 108 Å². The minimum atomic E-state index is -1.05. The van der Waals surface area contributed by atoms with Gasteiger partial charge in [0.15, 0.2) is 0 Å². The molecule has 1 amide bonds. The number of carbonyl (C=O) groups excluding carboxylic acids is 2. The Morgan fingerprint density at radius 3 is 1.48 bits per heavy atom. The molecule has 1 N–H and O–H groups in total. The average molecular weight is 431 g/mol. The SMILES string of the molecule is C#CC#CC#CC#CC#CC#CC#CC#CC#C.C[N+](C)(CCCNC=O)CC(=O)[O-].[HH].[HH].[HH].[HH].[HH].[HH].[HH].[HH].[HH].[HH].[HH].[HH]. The highest BCUT2D eigenvalue weighted by Crippen LogP contribution is 1.97. The number of nitrogens with one attached hydrogen (secondary N) is 1. The average Bonchev–Trinajstić information content (AvgIpc) is 2.71. The highest BCUT2D eigenvalue weighted by atomic mass is 16.4. The van der Waals surface area contributed by atoms with E-state index in [1.807, 2.05) is 14.1 Å². The molecular weight excluding hydrogens is 388 g/mol. The molecule has 0 rings (SSSR count). The molecule has 0 saturated heterocycles. The van der Waals surface area contributed by atoms with Gasteiger partial charge in [0.2, 0.25) is 6.41 Å². The van der Waals surface area contributed by atoms with Crippen LogP contribution in [0.25, 0.3) is 0 Å². The first-order valence-electron chi connectivity index (χ1n) is 8.49. The Bertz CT molecular complexity index is 1110. The zero-order valence-corrected chi connectivity index (χ0v) is 17.2. The Balaban J connectivity index is -0.0000000261. The summed E-state index contributed by atoms with van der Waals surface area (Å²) in [7, 11) is 3.63. The molecular formula is C26H42N2O3. The summed E-state index contributed by atoms with van der Waals surface area (Å²) in [5.41, 5.74) is 0. The number of likely N-dealkylation sites (N-methyl/N-ethyl adjacent to an activating group) is 1. The summed E-state index contributed by atoms with van der Waals surface area (Å²) in [6.07, 6.45) is 11.2. The van der Waals surface area contributed by atoms with Crippen molar-refractivity contribution in [2.45, 2.75) is 6.42 Å². The van der Waals surface area contributed by atoms with Crippen molar-refractivity contribution >= 4 is 12.4 Å². The number of carbonyl (C=O) groups is 2. The molecule has 0 aromatic heterocycles. The van der Waals surface area contributed by atoms with Gasteiger partial charge in [-0.25, -0.2) is 0 Å². The van der Waals surface area contributed by atoms with Crippen molar-refractivity contribution in [3.05, 3.63) is 0 Å². The fourth-order valence-electron chi connectivity index (χ4n) is 1.54. The molecule has 0 aliphatic heterocycles. The van der Waals surface area contributed by atoms with Gasteiger partial charge < -0.3 is 19.7 Å². The minimum absolute atomic E-state index is 0. The summed E-state index contributed by atoms with van der Waals surface area (Å²) in [6.45, 7) is 1.29. The lowest BCUT2D eigenvalue weighted by molar-refractivity contribution is -0.884. The summed E-state index contributed by atoms with van der Waals surface area (Å²) >= 11 is 0. The Morgan fingerprint density at radius 2 is 1.19 bits per heavy atom. The Kier molecular flexibility index (Phi) is 19.3. The van der Waals surface area contributed by atoms with Crippen LogP contribution in [0, 0.1) is 108 Å². The van der Waals surface area contributed by atoms with E-state index in [9.17, 15) is 14.7 Å². The van der Waals surface area contributed by atoms with Crippen LogP contribution in [0.1, 0.15) is 23.5 Å². The lowest BCUT2D eigenvalue weighted by Gasteiger charge is -2.29. The molecule has 0 atom stereocenters. The zero-order chi connectivity index (χ0) is 23.6. The smallest absolute Gasteiger partial charge is 0.207 e. The van der Waals surface area contributed by atoms with Crippen molar-refractivity contribution < 1.29 is 36.3 Å². The van der Waals surface area contributed by atoms with Gasteiger partial charge in [-0.2, -0.15) is 0 Å². The largest absolute Gasteiger partial charge is 0.544 e. The van der Waals surface area contributed by atoms with Gasteiger partial charge in [0.1, 0.15) is 6.54 Å². The van der Waals surface area contributed by atoms with E-state index < -0.39 is 5.97 Å². The quantitative estimate of drug-likeness (QED) is 0.285. The molecule has 0 bridgehead atoms. The monoisotopic (exact) mass is 430 g/mol. The maximum absolute atomic E-state index is 10.3. The topological polar surface area (TPSA) is 69.2 Å². The summed E-state index contributed by atoms with van der Waals surface area (Å²) in [5, 5.41) is 12.8. The van der Waals surface area contributed by atoms with E-state index in [0.717, 1.165) is 6.42 Å². The van der Waals surface area contributed by atoms with Crippen LogP contribution >= 0.6 is 0 Å². The fraction of sp³-hybridized carbons (Fsp3) is 0.231. The lowest BCUT2D eigenvalue weighted by Crippen LogP contribution is -2.49. The van der Waals surface area contributed by atoms with E-state index in [2.05, 4.69) is 100 Å². The van der Waals surface area contributed by atoms with Crippen molar-refractivity contribution in [1.82, 2.24) is 5.32 Å². The van der Waals surface area contributed by atoms with Crippen LogP contribution < -0.4 is 10.4 Å². The van der Waals surface area contributed by atoms with Gasteiger partial charge in [-0.3, -0.25) is 4.79 Å². The van der Waals surface area contributed by atoms with Crippen molar-refractivity contribution in [3.63, 3.8) is 0 Å². The standard InChI is InChI=1S/C18H2.C8H16N2O3.12H2/c1-3-5-7-9-11-13-15-17-18-16-14-12-10-8-6-4-2;1-10(2,6-8(12)13)5-3-4-9-7-11;;;;;;;;;;;;/h1-2H;7H,3-6H2,1-2H3,(H-,9,11,12,13);12*1H. The molecule has 0 heterocycles. The number of carboxylic acids is 1. The molecule has 0 aliphatic rings. The van der Waals surface area contributed by atoms with Crippen LogP contribution in [-0.4, -0.2) is 50.6 Å². The molecule has 0 radical (unpaired) electrons. The molecule has 0 spiro atoms. The molecule has 0 aliphatic carbocycles. The summed E-state index contributed by atoms with van der Waals surface area (Å²) in [6, 6.07) is 0. The first-order chi connectivity index (χ1) is 14.9. The van der Waals surface area contributed by atoms with E-state index in [0.29, 0.717) is 24.0 Å². The fourth-order valence-corrected chi connectivity index (χ4v) is 1.54. The predicted molar refractivity (Wildman–Crippen MR) is 143 cm³/mol. The van der Waals surface area contributed by atoms with Gasteiger partial charge in [0, 0.05) is 30.1 Å². The molecule has 0 aromatic rings. The second-order valence-electron chi connectivity index (χ2n) is 5.65. The van der Waals surface area contributed by atoms with Crippen molar-refractivity contribution in [1.29, 1.82) is 0 Å². The number of amides is 1. The summed E-state index contributed by atoms with van der Waals surface area (Å²) < 4.78 is 0.378. The van der Waals surface area contributed by atoms with E-state index in [4.69, 9.17) is 12.8 Å². The highest BCUT2D eigenvalue weighted by Gasteiger charge is 2.13. The lowest BCUT2D eigenvalue weighted by atomic mass is 10.3. The second-order valence-corrected chi connectivity index (χ2v) is 5.65. The molecule has 174 valence electrons. The van der Waals surface area contributed by atoms with E-state index in [1.165, 1.54) is 0 Å². The Morgan fingerprint density at radius 1 is 0.839 bits per heavy atom. The van der Waals surface area contributed by atoms with Crippen LogP contribution in [0.3, 0.4) is 0 Å². The maximum atomic E-state index is 10.3. The molecule has 5 nitrogen and oxygen atoms in total. The molecule has 0 aromatic carbocycles. The number of nitrogens with zero attached hydrogens (tertiary/aromatic N) is 1. The zero-order valence-electron chi connectivity index (χ0n) is 17.2. The number of hydrogen-bond donors (Lipinski definition) is 1. The number of hydrogen-bond acceptors (Lipinski definition) is 3. The first kappa shape index (κ1) is 28.2. The minimum Gasteiger partial charge on any atom is -0.544 e. The molecule has 31 heavy (non-hydrogen) atoms. The highest BCUT2D eigenvalue weighted by molar-refractivity contribution is 5.65. The third kappa shape index (κ3) is 27.3. The Hall–Kier alpha value is -5.06. The third-order valence-corrected chi connectivity index (χ3v) is 2.68. The number of quaternary nitrogens is 1. The van der Waals surface area contributed by atoms with E-state index in [-0.39, 0.29) is 23.7 Å². The molecule has 0 fully saturated rings. The van der Waals surface area contributed by atoms with Gasteiger partial charge in [-0.15, -0.1) is 12.8 Å². The summed E-state index contributed by atoms with van der Waals surface area (Å²) in [5.74, 6) is 37.2. The first-order valence-corrected chi connectivity index (χ1v) is 8.49.